The van der Waals surface area contributed by atoms with Crippen molar-refractivity contribution in [1.29, 1.82) is 0 Å². The van der Waals surface area contributed by atoms with E-state index in [4.69, 9.17) is 9.51 Å². The summed E-state index contributed by atoms with van der Waals surface area (Å²) in [5.74, 6) is 1.90. The molecule has 1 aliphatic heterocycles. The Bertz CT molecular complexity index is 1010. The van der Waals surface area contributed by atoms with Crippen LogP contribution in [0.2, 0.25) is 0 Å². The van der Waals surface area contributed by atoms with Crippen molar-refractivity contribution in [2.45, 2.75) is 25.3 Å². The van der Waals surface area contributed by atoms with Gasteiger partial charge in [0.2, 0.25) is 5.82 Å². The van der Waals surface area contributed by atoms with Crippen molar-refractivity contribution in [2.24, 2.45) is 0 Å². The van der Waals surface area contributed by atoms with Crippen LogP contribution < -0.4 is 4.90 Å². The van der Waals surface area contributed by atoms with Gasteiger partial charge in [-0.1, -0.05) is 47.6 Å². The van der Waals surface area contributed by atoms with Gasteiger partial charge in [-0.2, -0.15) is 4.98 Å². The van der Waals surface area contributed by atoms with Crippen LogP contribution in [0.1, 0.15) is 29.7 Å². The Morgan fingerprint density at radius 2 is 1.89 bits per heavy atom. The molecule has 136 valence electrons. The molecular formula is C21H21N4OS+. The molecule has 2 atom stereocenters. The fourth-order valence-electron chi connectivity index (χ4n) is 3.83. The standard InChI is InChI=1S/C21H20N4OS/c1-2-7-15(8-3-1)20-23-19(26-24-20)14-25-12-6-9-16(13-25)21-22-17-10-4-5-11-18(17)27-21/h1-5,7-8,10-11,16H,6,9,12-14H2/p+1/t16-/m1/s1. The molecule has 4 aromatic rings. The van der Waals surface area contributed by atoms with E-state index in [1.807, 2.05) is 41.7 Å². The molecule has 1 saturated heterocycles. The van der Waals surface area contributed by atoms with E-state index < -0.39 is 0 Å². The van der Waals surface area contributed by atoms with Crippen molar-refractivity contribution in [3.05, 3.63) is 65.5 Å². The van der Waals surface area contributed by atoms with Crippen LogP contribution >= 0.6 is 11.3 Å². The number of nitrogens with zero attached hydrogens (tertiary/aromatic N) is 3. The molecule has 1 N–H and O–H groups in total. The minimum absolute atomic E-state index is 0.516. The quantitative estimate of drug-likeness (QED) is 0.593. The zero-order valence-corrected chi connectivity index (χ0v) is 15.8. The number of rotatable bonds is 4. The SMILES string of the molecule is c1ccc(-c2noc(C[NH+]3CCC[C@@H](c4nc5ccccc5s4)C3)n2)cc1. The lowest BCUT2D eigenvalue weighted by Gasteiger charge is -2.27. The summed E-state index contributed by atoms with van der Waals surface area (Å²) in [6, 6.07) is 18.4. The largest absolute Gasteiger partial charge is 0.333 e. The van der Waals surface area contributed by atoms with Crippen molar-refractivity contribution in [2.75, 3.05) is 13.1 Å². The molecule has 5 nitrogen and oxygen atoms in total. The van der Waals surface area contributed by atoms with Crippen LogP contribution in [0.15, 0.2) is 59.1 Å². The first-order chi connectivity index (χ1) is 13.3. The van der Waals surface area contributed by atoms with Crippen LogP contribution in [0.5, 0.6) is 0 Å². The molecule has 0 bridgehead atoms. The first-order valence-corrected chi connectivity index (χ1v) is 10.2. The minimum atomic E-state index is 0.516. The summed E-state index contributed by atoms with van der Waals surface area (Å²) in [6.07, 6.45) is 2.41. The van der Waals surface area contributed by atoms with Gasteiger partial charge in [0.05, 0.1) is 29.2 Å². The second kappa shape index (κ2) is 7.21. The maximum absolute atomic E-state index is 5.52. The van der Waals surface area contributed by atoms with E-state index in [2.05, 4.69) is 34.4 Å². The highest BCUT2D eigenvalue weighted by Gasteiger charge is 2.28. The highest BCUT2D eigenvalue weighted by Crippen LogP contribution is 2.30. The van der Waals surface area contributed by atoms with Crippen molar-refractivity contribution in [1.82, 2.24) is 15.1 Å². The van der Waals surface area contributed by atoms with Gasteiger partial charge >= 0.3 is 0 Å². The second-order valence-corrected chi connectivity index (χ2v) is 8.18. The van der Waals surface area contributed by atoms with E-state index in [9.17, 15) is 0 Å². The van der Waals surface area contributed by atoms with E-state index in [-0.39, 0.29) is 0 Å². The van der Waals surface area contributed by atoms with Gasteiger partial charge in [0, 0.05) is 5.56 Å². The zero-order valence-electron chi connectivity index (χ0n) is 15.0. The topological polar surface area (TPSA) is 56.2 Å². The molecule has 1 aliphatic rings. The lowest BCUT2D eigenvalue weighted by Crippen LogP contribution is -3.12. The fourth-order valence-corrected chi connectivity index (χ4v) is 4.93. The Labute approximate surface area is 161 Å². The summed E-state index contributed by atoms with van der Waals surface area (Å²) < 4.78 is 6.80. The zero-order chi connectivity index (χ0) is 18.1. The number of hydrogen-bond acceptors (Lipinski definition) is 5. The van der Waals surface area contributed by atoms with Gasteiger partial charge in [-0.3, -0.25) is 0 Å². The molecule has 6 heteroatoms. The van der Waals surface area contributed by atoms with Crippen molar-refractivity contribution in [3.8, 4) is 11.4 Å². The van der Waals surface area contributed by atoms with Gasteiger partial charge in [0.25, 0.3) is 5.89 Å². The van der Waals surface area contributed by atoms with Crippen molar-refractivity contribution < 1.29 is 9.42 Å². The molecule has 27 heavy (non-hydrogen) atoms. The molecule has 0 amide bonds. The van der Waals surface area contributed by atoms with Crippen molar-refractivity contribution >= 4 is 21.6 Å². The van der Waals surface area contributed by atoms with Gasteiger partial charge < -0.3 is 9.42 Å². The third-order valence-electron chi connectivity index (χ3n) is 5.18. The molecule has 0 spiro atoms. The third kappa shape index (κ3) is 3.50. The summed E-state index contributed by atoms with van der Waals surface area (Å²) >= 11 is 1.84. The van der Waals surface area contributed by atoms with Crippen LogP contribution in [0.4, 0.5) is 0 Å². The highest BCUT2D eigenvalue weighted by atomic mass is 32.1. The van der Waals surface area contributed by atoms with Crippen molar-refractivity contribution in [3.63, 3.8) is 0 Å². The molecule has 5 rings (SSSR count). The maximum Gasteiger partial charge on any atom is 0.282 e. The number of aromatic nitrogens is 3. The summed E-state index contributed by atoms with van der Waals surface area (Å²) in [6.45, 7) is 2.99. The number of hydrogen-bond donors (Lipinski definition) is 1. The number of fused-ring (bicyclic) bond motifs is 1. The normalized spacial score (nSPS) is 20.1. The van der Waals surface area contributed by atoms with E-state index >= 15 is 0 Å². The molecule has 1 fully saturated rings. The summed E-state index contributed by atoms with van der Waals surface area (Å²) in [7, 11) is 0. The first kappa shape index (κ1) is 16.6. The predicted molar refractivity (Wildman–Crippen MR) is 106 cm³/mol. The van der Waals surface area contributed by atoms with E-state index in [1.165, 1.54) is 27.4 Å². The van der Waals surface area contributed by atoms with Gasteiger partial charge in [-0.25, -0.2) is 4.98 Å². The number of nitrogens with one attached hydrogen (secondary N) is 1. The van der Waals surface area contributed by atoms with E-state index in [1.54, 1.807) is 0 Å². The van der Waals surface area contributed by atoms with Gasteiger partial charge in [-0.15, -0.1) is 11.3 Å². The Balaban J connectivity index is 1.29. The Morgan fingerprint density at radius 3 is 2.78 bits per heavy atom. The summed E-state index contributed by atoms with van der Waals surface area (Å²) in [4.78, 5) is 11.0. The Morgan fingerprint density at radius 1 is 1.04 bits per heavy atom. The summed E-state index contributed by atoms with van der Waals surface area (Å²) in [5, 5.41) is 5.42. The van der Waals surface area contributed by atoms with E-state index in [0.717, 1.165) is 30.7 Å². The monoisotopic (exact) mass is 377 g/mol. The van der Waals surface area contributed by atoms with E-state index in [0.29, 0.717) is 17.6 Å². The average molecular weight is 377 g/mol. The first-order valence-electron chi connectivity index (χ1n) is 9.42. The number of para-hydroxylation sites is 1. The number of thiazole rings is 1. The number of benzene rings is 2. The second-order valence-electron chi connectivity index (χ2n) is 7.12. The summed E-state index contributed by atoms with van der Waals surface area (Å²) in [5.41, 5.74) is 2.11. The minimum Gasteiger partial charge on any atom is -0.333 e. The van der Waals surface area contributed by atoms with Crippen LogP contribution in [-0.2, 0) is 6.54 Å². The Hall–Kier alpha value is -2.57. The fraction of sp³-hybridized carbons (Fsp3) is 0.286. The van der Waals surface area contributed by atoms with Crippen LogP contribution in [0.3, 0.4) is 0 Å². The van der Waals surface area contributed by atoms with Crippen LogP contribution in [0, 0.1) is 0 Å². The number of quaternary nitrogens is 1. The van der Waals surface area contributed by atoms with Gasteiger partial charge in [0.1, 0.15) is 5.01 Å². The molecule has 0 radical (unpaired) electrons. The molecular weight excluding hydrogens is 356 g/mol. The predicted octanol–water partition coefficient (Wildman–Crippen LogP) is 3.31. The number of piperidine rings is 1. The molecule has 2 aromatic heterocycles. The lowest BCUT2D eigenvalue weighted by molar-refractivity contribution is -0.921. The molecule has 3 heterocycles. The number of likely N-dealkylation sites (tertiary alicyclic amines) is 1. The third-order valence-corrected chi connectivity index (χ3v) is 6.38. The molecule has 2 aromatic carbocycles. The average Bonchev–Trinajstić information content (AvgIpc) is 3.36. The van der Waals surface area contributed by atoms with Gasteiger partial charge in [-0.05, 0) is 25.0 Å². The van der Waals surface area contributed by atoms with Gasteiger partial charge in [0.15, 0.2) is 6.54 Å². The Kier molecular flexibility index (Phi) is 4.43. The highest BCUT2D eigenvalue weighted by molar-refractivity contribution is 7.18. The smallest absolute Gasteiger partial charge is 0.282 e. The molecule has 1 unspecified atom stereocenters. The maximum atomic E-state index is 5.52. The molecule has 0 aliphatic carbocycles. The lowest BCUT2D eigenvalue weighted by atomic mass is 9.99. The van der Waals surface area contributed by atoms with Crippen LogP contribution in [-0.4, -0.2) is 28.2 Å². The van der Waals surface area contributed by atoms with Crippen LogP contribution in [0.25, 0.3) is 21.6 Å². The molecule has 0 saturated carbocycles.